The Morgan fingerprint density at radius 1 is 1.22 bits per heavy atom. The number of alkyl halides is 3. The third-order valence-electron chi connectivity index (χ3n) is 3.68. The van der Waals surface area contributed by atoms with Gasteiger partial charge in [-0.3, -0.25) is 4.79 Å². The van der Waals surface area contributed by atoms with E-state index in [4.69, 9.17) is 47.0 Å². The molecule has 0 saturated carbocycles. The highest BCUT2D eigenvalue weighted by Gasteiger charge is 2.35. The molecule has 0 radical (unpaired) electrons. The van der Waals surface area contributed by atoms with Crippen molar-refractivity contribution < 1.29 is 13.2 Å². The largest absolute Gasteiger partial charge is 0.359 e. The van der Waals surface area contributed by atoms with Crippen LogP contribution in [0.3, 0.4) is 0 Å². The monoisotopic (exact) mass is 469 g/mol. The van der Waals surface area contributed by atoms with Gasteiger partial charge in [-0.1, -0.05) is 65.1 Å². The highest BCUT2D eigenvalue weighted by molar-refractivity contribution is 7.91. The number of nitrogens with one attached hydrogen (secondary N) is 3. The van der Waals surface area contributed by atoms with Crippen LogP contribution in [0.15, 0.2) is 36.4 Å². The first-order valence-corrected chi connectivity index (χ1v) is 11.3. The molecule has 1 aromatic rings. The summed E-state index contributed by atoms with van der Waals surface area (Å²) in [7, 11) is -3.06. The van der Waals surface area contributed by atoms with Crippen LogP contribution in [0.2, 0.25) is 0 Å². The summed E-state index contributed by atoms with van der Waals surface area (Å²) < 4.78 is 21.1. The molecule has 2 rings (SSSR count). The second-order valence-corrected chi connectivity index (χ2v) is 11.0. The molecule has 1 aliphatic heterocycles. The number of hydrogen-bond acceptors (Lipinski definition) is 4. The summed E-state index contributed by atoms with van der Waals surface area (Å²) in [5.41, 5.74) is 0.839. The van der Waals surface area contributed by atoms with Crippen LogP contribution in [0.25, 0.3) is 6.08 Å². The van der Waals surface area contributed by atoms with Crippen molar-refractivity contribution in [2.75, 3.05) is 11.5 Å². The van der Waals surface area contributed by atoms with Gasteiger partial charge >= 0.3 is 0 Å². The lowest BCUT2D eigenvalue weighted by Gasteiger charge is -2.28. The fraction of sp³-hybridized carbons (Fsp3) is 0.375. The fourth-order valence-electron chi connectivity index (χ4n) is 2.39. The average molecular weight is 471 g/mol. The van der Waals surface area contributed by atoms with Gasteiger partial charge in [-0.15, -0.1) is 0 Å². The summed E-state index contributed by atoms with van der Waals surface area (Å²) in [5.74, 6) is -0.407. The number of carbonyl (C=O) groups excluding carboxylic acids is 1. The predicted octanol–water partition coefficient (Wildman–Crippen LogP) is 2.16. The van der Waals surface area contributed by atoms with Crippen molar-refractivity contribution in [3.05, 3.63) is 42.0 Å². The first-order chi connectivity index (χ1) is 12.5. The smallest absolute Gasteiger partial charge is 0.245 e. The summed E-state index contributed by atoms with van der Waals surface area (Å²) >= 11 is 22.9. The number of halogens is 3. The standard InChI is InChI=1S/C16H18Cl3N3O3S2/c17-16(18,19)14(21-13(23)7-6-11-4-2-1-3-5-11)22-15(26)20-12-8-9-27(24,25)10-12/h1-7,12,14H,8-10H2,(H,21,23)(H2,20,22,26)/b7-6+/t12-,14-/m0/s1. The van der Waals surface area contributed by atoms with E-state index in [1.54, 1.807) is 6.08 Å². The summed E-state index contributed by atoms with van der Waals surface area (Å²) in [6.45, 7) is 0. The molecule has 6 nitrogen and oxygen atoms in total. The highest BCUT2D eigenvalue weighted by Crippen LogP contribution is 2.29. The molecule has 0 bridgehead atoms. The Kier molecular flexibility index (Phi) is 7.76. The van der Waals surface area contributed by atoms with E-state index < -0.39 is 25.7 Å². The predicted molar refractivity (Wildman–Crippen MR) is 114 cm³/mol. The van der Waals surface area contributed by atoms with E-state index in [-0.39, 0.29) is 22.7 Å². The maximum atomic E-state index is 12.1. The highest BCUT2D eigenvalue weighted by atomic mass is 35.6. The van der Waals surface area contributed by atoms with E-state index >= 15 is 0 Å². The molecule has 1 aromatic carbocycles. The molecule has 148 valence electrons. The minimum Gasteiger partial charge on any atom is -0.359 e. The van der Waals surface area contributed by atoms with Gasteiger partial charge in [0.2, 0.25) is 9.70 Å². The third-order valence-corrected chi connectivity index (χ3v) is 6.34. The second-order valence-electron chi connectivity index (χ2n) is 5.94. The first kappa shape index (κ1) is 22.2. The van der Waals surface area contributed by atoms with Gasteiger partial charge in [-0.2, -0.15) is 0 Å². The van der Waals surface area contributed by atoms with Crippen molar-refractivity contribution in [2.24, 2.45) is 0 Å². The van der Waals surface area contributed by atoms with Crippen molar-refractivity contribution in [1.29, 1.82) is 0 Å². The molecule has 1 amide bonds. The third kappa shape index (κ3) is 7.83. The molecule has 3 N–H and O–H groups in total. The maximum absolute atomic E-state index is 12.1. The Hall–Kier alpha value is -1.06. The van der Waals surface area contributed by atoms with Crippen LogP contribution in [-0.2, 0) is 14.6 Å². The normalized spacial score (nSPS) is 20.2. The van der Waals surface area contributed by atoms with Crippen LogP contribution in [0.4, 0.5) is 0 Å². The van der Waals surface area contributed by atoms with E-state index in [9.17, 15) is 13.2 Å². The molecular formula is C16H18Cl3N3O3S2. The number of sulfone groups is 1. The topological polar surface area (TPSA) is 87.3 Å². The van der Waals surface area contributed by atoms with Gasteiger partial charge in [0.15, 0.2) is 14.9 Å². The Morgan fingerprint density at radius 3 is 2.44 bits per heavy atom. The summed E-state index contributed by atoms with van der Waals surface area (Å²) in [6.07, 6.45) is 2.24. The Balaban J connectivity index is 1.93. The van der Waals surface area contributed by atoms with Gasteiger partial charge in [0.25, 0.3) is 0 Å². The first-order valence-electron chi connectivity index (χ1n) is 7.93. The van der Waals surface area contributed by atoms with Crippen LogP contribution in [0, 0.1) is 0 Å². The van der Waals surface area contributed by atoms with E-state index in [2.05, 4.69) is 16.0 Å². The quantitative estimate of drug-likeness (QED) is 0.265. The molecule has 1 aliphatic rings. The van der Waals surface area contributed by atoms with Crippen LogP contribution in [0.1, 0.15) is 12.0 Å². The average Bonchev–Trinajstić information content (AvgIpc) is 2.91. The van der Waals surface area contributed by atoms with Gasteiger partial charge in [-0.25, -0.2) is 8.42 Å². The maximum Gasteiger partial charge on any atom is 0.245 e. The molecular weight excluding hydrogens is 453 g/mol. The molecule has 27 heavy (non-hydrogen) atoms. The molecule has 2 atom stereocenters. The van der Waals surface area contributed by atoms with Gasteiger partial charge in [0.1, 0.15) is 6.17 Å². The van der Waals surface area contributed by atoms with Crippen molar-refractivity contribution in [3.63, 3.8) is 0 Å². The number of benzene rings is 1. The minimum atomic E-state index is -3.06. The van der Waals surface area contributed by atoms with E-state index in [0.29, 0.717) is 6.42 Å². The lowest BCUT2D eigenvalue weighted by Crippen LogP contribution is -2.58. The summed E-state index contributed by atoms with van der Waals surface area (Å²) in [4.78, 5) is 12.1. The number of hydrogen-bond donors (Lipinski definition) is 3. The minimum absolute atomic E-state index is 0.0145. The molecule has 0 aliphatic carbocycles. The lowest BCUT2D eigenvalue weighted by atomic mass is 10.2. The molecule has 1 heterocycles. The van der Waals surface area contributed by atoms with Gasteiger partial charge in [0, 0.05) is 12.1 Å². The number of amides is 1. The molecule has 1 saturated heterocycles. The van der Waals surface area contributed by atoms with Crippen molar-refractivity contribution in [3.8, 4) is 0 Å². The van der Waals surface area contributed by atoms with Crippen molar-refractivity contribution in [2.45, 2.75) is 22.4 Å². The number of carbonyl (C=O) groups is 1. The molecule has 1 fully saturated rings. The van der Waals surface area contributed by atoms with Crippen LogP contribution < -0.4 is 16.0 Å². The van der Waals surface area contributed by atoms with Crippen LogP contribution in [-0.4, -0.2) is 46.9 Å². The zero-order valence-corrected chi connectivity index (χ0v) is 17.9. The number of thiocarbonyl (C=S) groups is 1. The van der Waals surface area contributed by atoms with Crippen molar-refractivity contribution in [1.82, 2.24) is 16.0 Å². The van der Waals surface area contributed by atoms with Crippen LogP contribution >= 0.6 is 47.0 Å². The lowest BCUT2D eigenvalue weighted by molar-refractivity contribution is -0.117. The molecule has 0 aromatic heterocycles. The Morgan fingerprint density at radius 2 is 1.89 bits per heavy atom. The second kappa shape index (κ2) is 9.43. The van der Waals surface area contributed by atoms with Gasteiger partial charge in [-0.05, 0) is 30.3 Å². The zero-order chi connectivity index (χ0) is 20.1. The van der Waals surface area contributed by atoms with Gasteiger partial charge < -0.3 is 16.0 Å². The van der Waals surface area contributed by atoms with E-state index in [1.165, 1.54) is 6.08 Å². The van der Waals surface area contributed by atoms with Crippen LogP contribution in [0.5, 0.6) is 0 Å². The van der Waals surface area contributed by atoms with Gasteiger partial charge in [0.05, 0.1) is 11.5 Å². The number of rotatable bonds is 5. The molecule has 0 unspecified atom stereocenters. The fourth-order valence-corrected chi connectivity index (χ4v) is 4.68. The van der Waals surface area contributed by atoms with E-state index in [1.807, 2.05) is 30.3 Å². The molecule has 11 heteroatoms. The Bertz CT molecular complexity index is 811. The van der Waals surface area contributed by atoms with E-state index in [0.717, 1.165) is 5.56 Å². The Labute approximate surface area is 178 Å². The SMILES string of the molecule is O=C(/C=C/c1ccccc1)N[C@@H](NC(=S)N[C@H]1CCS(=O)(=O)C1)C(Cl)(Cl)Cl. The summed E-state index contributed by atoms with van der Waals surface area (Å²) in [6, 6.07) is 8.91. The van der Waals surface area contributed by atoms with Crippen molar-refractivity contribution >= 4 is 74.0 Å². The zero-order valence-electron chi connectivity index (χ0n) is 14.0. The summed E-state index contributed by atoms with van der Waals surface area (Å²) in [5, 5.41) is 8.17. The molecule has 0 spiro atoms.